The molecule has 152 valence electrons. The van der Waals surface area contributed by atoms with Crippen LogP contribution in [0.2, 0.25) is 0 Å². The topological polar surface area (TPSA) is 46.5 Å². The first-order valence-corrected chi connectivity index (χ1v) is 12.5. The Morgan fingerprint density at radius 1 is 1.15 bits per heavy atom. The van der Waals surface area contributed by atoms with Crippen molar-refractivity contribution in [1.82, 2.24) is 0 Å². The second kappa shape index (κ2) is 6.70. The number of hydrogen-bond donors (Lipinski definition) is 1. The molecule has 1 saturated heterocycles. The molecule has 3 nitrogen and oxygen atoms in total. The van der Waals surface area contributed by atoms with Gasteiger partial charge in [-0.15, -0.1) is 23.5 Å². The molecule has 27 heavy (non-hydrogen) atoms. The molecule has 0 aromatic carbocycles. The average molecular weight is 411 g/mol. The highest BCUT2D eigenvalue weighted by atomic mass is 32.2. The molecular formula is C22H34O3S2. The fourth-order valence-electron chi connectivity index (χ4n) is 6.36. The zero-order valence-electron chi connectivity index (χ0n) is 17.1. The smallest absolute Gasteiger partial charge is 0.302 e. The zero-order chi connectivity index (χ0) is 19.5. The number of fused-ring (bicyclic) bond motifs is 4. The van der Waals surface area contributed by atoms with Crippen LogP contribution >= 0.6 is 23.5 Å². The summed E-state index contributed by atoms with van der Waals surface area (Å²) in [5, 5.41) is 11.5. The normalized spacial score (nSPS) is 46.2. The molecule has 0 unspecified atom stereocenters. The maximum absolute atomic E-state index is 12.1. The van der Waals surface area contributed by atoms with E-state index >= 15 is 0 Å². The largest absolute Gasteiger partial charge is 0.462 e. The summed E-state index contributed by atoms with van der Waals surface area (Å²) in [6.07, 6.45) is 10.6. The molecule has 0 aromatic heterocycles. The maximum Gasteiger partial charge on any atom is 0.302 e. The van der Waals surface area contributed by atoms with Crippen LogP contribution < -0.4 is 0 Å². The van der Waals surface area contributed by atoms with E-state index in [1.807, 2.05) is 0 Å². The second-order valence-corrected chi connectivity index (χ2v) is 13.0. The number of ether oxygens (including phenoxy) is 1. The predicted octanol–water partition coefficient (Wildman–Crippen LogP) is 5.03. The molecular weight excluding hydrogens is 376 g/mol. The Bertz CT molecular complexity index is 639. The second-order valence-electron chi connectivity index (χ2n) is 9.92. The molecule has 0 aromatic rings. The summed E-state index contributed by atoms with van der Waals surface area (Å²) in [6, 6.07) is 0. The number of aliphatic hydroxyl groups is 1. The van der Waals surface area contributed by atoms with Crippen LogP contribution in [0.5, 0.6) is 0 Å². The van der Waals surface area contributed by atoms with Crippen molar-refractivity contribution in [1.29, 1.82) is 0 Å². The van der Waals surface area contributed by atoms with Crippen LogP contribution in [-0.2, 0) is 9.53 Å². The molecule has 1 heterocycles. The van der Waals surface area contributed by atoms with Gasteiger partial charge in [0.15, 0.2) is 0 Å². The zero-order valence-corrected chi connectivity index (χ0v) is 18.8. The van der Waals surface area contributed by atoms with Gasteiger partial charge in [0.05, 0.1) is 9.68 Å². The van der Waals surface area contributed by atoms with E-state index in [0.29, 0.717) is 11.8 Å². The van der Waals surface area contributed by atoms with Gasteiger partial charge >= 0.3 is 5.97 Å². The first-order chi connectivity index (χ1) is 12.6. The Morgan fingerprint density at radius 2 is 1.85 bits per heavy atom. The Kier molecular flexibility index (Phi) is 5.00. The fourth-order valence-corrected chi connectivity index (χ4v) is 10.2. The lowest BCUT2D eigenvalue weighted by molar-refractivity contribution is -0.160. The predicted molar refractivity (Wildman–Crippen MR) is 114 cm³/mol. The Morgan fingerprint density at radius 3 is 2.52 bits per heavy atom. The van der Waals surface area contributed by atoms with Crippen LogP contribution in [0.1, 0.15) is 66.2 Å². The Hall–Kier alpha value is -0.130. The molecule has 4 rings (SSSR count). The van der Waals surface area contributed by atoms with Crippen LogP contribution in [-0.4, -0.2) is 38.4 Å². The van der Waals surface area contributed by atoms with E-state index in [1.165, 1.54) is 24.3 Å². The molecule has 5 heteroatoms. The molecule has 5 atom stereocenters. The number of esters is 1. The highest BCUT2D eigenvalue weighted by Crippen LogP contribution is 2.65. The molecule has 0 amide bonds. The lowest BCUT2D eigenvalue weighted by atomic mass is 9.61. The molecule has 2 bridgehead atoms. The summed E-state index contributed by atoms with van der Waals surface area (Å²) in [5.74, 6) is 2.91. The summed E-state index contributed by atoms with van der Waals surface area (Å²) < 4.78 is 6.23. The fraction of sp³-hybridized carbons (Fsp3) is 0.864. The number of hydrogen-bond acceptors (Lipinski definition) is 5. The van der Waals surface area contributed by atoms with Gasteiger partial charge in [0.25, 0.3) is 0 Å². The van der Waals surface area contributed by atoms with E-state index < -0.39 is 5.60 Å². The van der Waals surface area contributed by atoms with Crippen LogP contribution in [0.3, 0.4) is 0 Å². The van der Waals surface area contributed by atoms with Crippen molar-refractivity contribution < 1.29 is 14.6 Å². The van der Waals surface area contributed by atoms with Crippen LogP contribution in [0.15, 0.2) is 12.2 Å². The van der Waals surface area contributed by atoms with Crippen LogP contribution in [0.25, 0.3) is 0 Å². The summed E-state index contributed by atoms with van der Waals surface area (Å²) in [4.78, 5) is 12.1. The van der Waals surface area contributed by atoms with Gasteiger partial charge in [-0.3, -0.25) is 4.79 Å². The molecule has 4 aliphatic rings. The van der Waals surface area contributed by atoms with Gasteiger partial charge in [0.1, 0.15) is 6.10 Å². The van der Waals surface area contributed by atoms with Crippen molar-refractivity contribution >= 4 is 29.5 Å². The van der Waals surface area contributed by atoms with Gasteiger partial charge < -0.3 is 9.84 Å². The van der Waals surface area contributed by atoms with Gasteiger partial charge in [-0.1, -0.05) is 39.3 Å². The SMILES string of the molecule is CC(=O)O[C@H]1C[C@H]2CC[C@@](O)(/C=C\[C@H]3C4(CCC[C@@]13C)SCCS4)C2(C)C. The maximum atomic E-state index is 12.1. The van der Waals surface area contributed by atoms with E-state index in [9.17, 15) is 9.90 Å². The summed E-state index contributed by atoms with van der Waals surface area (Å²) in [6.45, 7) is 8.30. The van der Waals surface area contributed by atoms with Crippen molar-refractivity contribution in [3.63, 3.8) is 0 Å². The van der Waals surface area contributed by atoms with E-state index in [2.05, 4.69) is 56.4 Å². The number of allylic oxidation sites excluding steroid dienone is 1. The minimum atomic E-state index is -0.754. The first kappa shape index (κ1) is 20.2. The van der Waals surface area contributed by atoms with Crippen LogP contribution in [0.4, 0.5) is 0 Å². The third kappa shape index (κ3) is 3.02. The Balaban J connectivity index is 1.83. The molecule has 1 N–H and O–H groups in total. The summed E-state index contributed by atoms with van der Waals surface area (Å²) in [5.41, 5.74) is -1.02. The quantitative estimate of drug-likeness (QED) is 0.485. The molecule has 3 aliphatic carbocycles. The van der Waals surface area contributed by atoms with E-state index in [1.54, 1.807) is 6.92 Å². The number of carbonyl (C=O) groups is 1. The minimum absolute atomic E-state index is 0.0678. The standard InChI is InChI=1S/C22H34O3S2/c1-15(23)25-18-14-16-6-10-21(24,19(16,2)3)11-7-17-20(18,4)8-5-9-22(17)26-12-13-27-22/h7,11,16-18,24H,5-6,8-10,12-14H2,1-4H3/b11-7-/t16-,17-,18+,20-,21-/m1/s1. The molecule has 0 radical (unpaired) electrons. The van der Waals surface area contributed by atoms with Crippen molar-refractivity contribution in [3.05, 3.63) is 12.2 Å². The number of thioether (sulfide) groups is 2. The van der Waals surface area contributed by atoms with Gasteiger partial charge in [0.2, 0.25) is 0 Å². The van der Waals surface area contributed by atoms with Crippen molar-refractivity contribution in [2.75, 3.05) is 11.5 Å². The van der Waals surface area contributed by atoms with Crippen molar-refractivity contribution in [3.8, 4) is 0 Å². The molecule has 2 saturated carbocycles. The van der Waals surface area contributed by atoms with Crippen molar-refractivity contribution in [2.45, 2.75) is 82.0 Å². The third-order valence-corrected chi connectivity index (χ3v) is 12.0. The third-order valence-electron chi connectivity index (χ3n) is 8.32. The first-order valence-electron chi connectivity index (χ1n) is 10.5. The van der Waals surface area contributed by atoms with Gasteiger partial charge in [-0.2, -0.15) is 0 Å². The summed E-state index contributed by atoms with van der Waals surface area (Å²) in [7, 11) is 0. The monoisotopic (exact) mass is 410 g/mol. The lowest BCUT2D eigenvalue weighted by Crippen LogP contribution is -2.52. The van der Waals surface area contributed by atoms with Gasteiger partial charge in [0, 0.05) is 35.2 Å². The highest BCUT2D eigenvalue weighted by molar-refractivity contribution is 8.21. The van der Waals surface area contributed by atoms with Crippen LogP contribution in [0, 0.1) is 22.7 Å². The van der Waals surface area contributed by atoms with E-state index in [4.69, 9.17) is 4.74 Å². The van der Waals surface area contributed by atoms with Gasteiger partial charge in [-0.05, 0) is 38.0 Å². The molecule has 1 spiro atoms. The number of carbonyl (C=O) groups excluding carboxylic acids is 1. The summed E-state index contributed by atoms with van der Waals surface area (Å²) >= 11 is 4.20. The highest BCUT2D eigenvalue weighted by Gasteiger charge is 2.60. The lowest BCUT2D eigenvalue weighted by Gasteiger charge is -2.53. The van der Waals surface area contributed by atoms with Crippen molar-refractivity contribution in [2.24, 2.45) is 22.7 Å². The molecule has 3 fully saturated rings. The van der Waals surface area contributed by atoms with E-state index in [-0.39, 0.29) is 27.0 Å². The van der Waals surface area contributed by atoms with Gasteiger partial charge in [-0.25, -0.2) is 0 Å². The van der Waals surface area contributed by atoms with E-state index in [0.717, 1.165) is 25.7 Å². The average Bonchev–Trinajstić information content (AvgIpc) is 3.12. The molecule has 1 aliphatic heterocycles. The Labute approximate surface area is 172 Å². The minimum Gasteiger partial charge on any atom is -0.462 e. The number of rotatable bonds is 1.